The van der Waals surface area contributed by atoms with E-state index in [0.717, 1.165) is 5.56 Å². The highest BCUT2D eigenvalue weighted by atomic mass is 32.2. The fourth-order valence-corrected chi connectivity index (χ4v) is 2.70. The summed E-state index contributed by atoms with van der Waals surface area (Å²) in [6.07, 6.45) is 4.74. The second-order valence-corrected chi connectivity index (χ2v) is 5.48. The number of nitrogens with zero attached hydrogens (tertiary/aromatic N) is 1. The van der Waals surface area contributed by atoms with Crippen LogP contribution in [0.1, 0.15) is 5.56 Å². The first-order valence-electron chi connectivity index (χ1n) is 4.61. The van der Waals surface area contributed by atoms with E-state index >= 15 is 0 Å². The van der Waals surface area contributed by atoms with Gasteiger partial charge in [-0.05, 0) is 31.2 Å². The monoisotopic (exact) mass is 221 g/mol. The Morgan fingerprint density at radius 2 is 1.87 bits per heavy atom. The Balaban J connectivity index is 2.42. The van der Waals surface area contributed by atoms with E-state index in [0.29, 0.717) is 4.90 Å². The molecule has 0 saturated heterocycles. The highest BCUT2D eigenvalue weighted by Crippen LogP contribution is 2.19. The zero-order valence-corrected chi connectivity index (χ0v) is 9.11. The summed E-state index contributed by atoms with van der Waals surface area (Å²) in [6, 6.07) is 6.81. The van der Waals surface area contributed by atoms with Gasteiger partial charge in [-0.2, -0.15) is 0 Å². The molecule has 1 aromatic carbocycles. The van der Waals surface area contributed by atoms with E-state index in [-0.39, 0.29) is 0 Å². The predicted molar refractivity (Wildman–Crippen MR) is 59.8 cm³/mol. The molecule has 1 aliphatic heterocycles. The van der Waals surface area contributed by atoms with Crippen LogP contribution in [0.15, 0.2) is 46.3 Å². The number of sulfone groups is 1. The molecular weight excluding hydrogens is 210 g/mol. The van der Waals surface area contributed by atoms with Gasteiger partial charge < -0.3 is 0 Å². The number of aryl methyl sites for hydroxylation is 1. The molecule has 1 aliphatic rings. The molecule has 15 heavy (non-hydrogen) atoms. The minimum Gasteiger partial charge on any atom is -0.269 e. The van der Waals surface area contributed by atoms with E-state index in [1.165, 1.54) is 6.21 Å². The SMILES string of the molecule is Cc1ccc(S(=O)(=O)C2C=CC=N2)cc1. The van der Waals surface area contributed by atoms with Crippen molar-refractivity contribution in [3.63, 3.8) is 0 Å². The molecule has 0 spiro atoms. The number of benzene rings is 1. The van der Waals surface area contributed by atoms with Gasteiger partial charge in [0, 0.05) is 6.21 Å². The standard InChI is InChI=1S/C11H11NO2S/c1-9-4-6-10(7-5-9)15(13,14)11-3-2-8-12-11/h2-8,11H,1H3. The minimum atomic E-state index is -3.34. The molecule has 0 amide bonds. The van der Waals surface area contributed by atoms with Gasteiger partial charge in [-0.3, -0.25) is 4.99 Å². The van der Waals surface area contributed by atoms with Crippen LogP contribution < -0.4 is 0 Å². The number of hydrogen-bond donors (Lipinski definition) is 0. The molecule has 4 heteroatoms. The second kappa shape index (κ2) is 3.62. The van der Waals surface area contributed by atoms with E-state index in [1.807, 2.05) is 6.92 Å². The van der Waals surface area contributed by atoms with E-state index in [4.69, 9.17) is 0 Å². The van der Waals surface area contributed by atoms with Crippen molar-refractivity contribution in [2.75, 3.05) is 0 Å². The van der Waals surface area contributed by atoms with E-state index < -0.39 is 15.2 Å². The molecule has 0 aliphatic carbocycles. The Kier molecular flexibility index (Phi) is 2.44. The highest BCUT2D eigenvalue weighted by molar-refractivity contribution is 7.92. The smallest absolute Gasteiger partial charge is 0.204 e. The zero-order chi connectivity index (χ0) is 10.9. The Morgan fingerprint density at radius 3 is 2.40 bits per heavy atom. The van der Waals surface area contributed by atoms with Gasteiger partial charge in [-0.1, -0.05) is 17.7 Å². The van der Waals surface area contributed by atoms with E-state index in [9.17, 15) is 8.42 Å². The van der Waals surface area contributed by atoms with Crippen LogP contribution in [0.4, 0.5) is 0 Å². The van der Waals surface area contributed by atoms with E-state index in [1.54, 1.807) is 36.4 Å². The molecule has 0 radical (unpaired) electrons. The molecule has 0 N–H and O–H groups in total. The number of allylic oxidation sites excluding steroid dienone is 1. The van der Waals surface area contributed by atoms with Crippen LogP contribution >= 0.6 is 0 Å². The zero-order valence-electron chi connectivity index (χ0n) is 8.29. The number of aliphatic imine (C=N–C) groups is 1. The minimum absolute atomic E-state index is 0.321. The first-order valence-corrected chi connectivity index (χ1v) is 6.16. The molecule has 2 rings (SSSR count). The van der Waals surface area contributed by atoms with Crippen molar-refractivity contribution in [3.8, 4) is 0 Å². The van der Waals surface area contributed by atoms with E-state index in [2.05, 4.69) is 4.99 Å². The highest BCUT2D eigenvalue weighted by Gasteiger charge is 2.25. The molecule has 78 valence electrons. The average Bonchev–Trinajstić information content (AvgIpc) is 2.71. The maximum Gasteiger partial charge on any atom is 0.204 e. The van der Waals surface area contributed by atoms with Crippen molar-refractivity contribution in [2.24, 2.45) is 4.99 Å². The summed E-state index contributed by atoms with van der Waals surface area (Å²) in [5.74, 6) is 0. The largest absolute Gasteiger partial charge is 0.269 e. The lowest BCUT2D eigenvalue weighted by molar-refractivity contribution is 0.590. The summed E-state index contributed by atoms with van der Waals surface area (Å²) in [5, 5.41) is -0.750. The third-order valence-corrected chi connectivity index (χ3v) is 4.11. The third-order valence-electron chi connectivity index (χ3n) is 2.26. The molecule has 0 aromatic heterocycles. The maximum atomic E-state index is 12.0. The maximum absolute atomic E-state index is 12.0. The lowest BCUT2D eigenvalue weighted by Gasteiger charge is -2.07. The number of hydrogen-bond acceptors (Lipinski definition) is 3. The average molecular weight is 221 g/mol. The van der Waals surface area contributed by atoms with Gasteiger partial charge in [-0.15, -0.1) is 0 Å². The molecule has 1 unspecified atom stereocenters. The molecule has 1 atom stereocenters. The van der Waals surface area contributed by atoms with Crippen LogP contribution in [-0.2, 0) is 9.84 Å². The van der Waals surface area contributed by atoms with Crippen LogP contribution in [0.3, 0.4) is 0 Å². The van der Waals surface area contributed by atoms with Crippen LogP contribution in [0.5, 0.6) is 0 Å². The Bertz CT molecular complexity index is 500. The lowest BCUT2D eigenvalue weighted by Crippen LogP contribution is -2.15. The Hall–Kier alpha value is -1.42. The van der Waals surface area contributed by atoms with Gasteiger partial charge >= 0.3 is 0 Å². The quantitative estimate of drug-likeness (QED) is 0.763. The Labute approximate surface area is 89.1 Å². The number of rotatable bonds is 2. The van der Waals surface area contributed by atoms with Crippen LogP contribution in [-0.4, -0.2) is 20.0 Å². The van der Waals surface area contributed by atoms with Gasteiger partial charge in [0.25, 0.3) is 0 Å². The first-order chi connectivity index (χ1) is 7.10. The summed E-state index contributed by atoms with van der Waals surface area (Å²) in [5.41, 5.74) is 1.04. The van der Waals surface area contributed by atoms with Crippen molar-refractivity contribution in [1.82, 2.24) is 0 Å². The molecule has 1 heterocycles. The lowest BCUT2D eigenvalue weighted by atomic mass is 10.2. The molecular formula is C11H11NO2S. The van der Waals surface area contributed by atoms with Gasteiger partial charge in [-0.25, -0.2) is 8.42 Å². The molecule has 0 fully saturated rings. The third kappa shape index (κ3) is 1.85. The molecule has 1 aromatic rings. The summed E-state index contributed by atoms with van der Waals surface area (Å²) in [6.45, 7) is 1.92. The van der Waals surface area contributed by atoms with Gasteiger partial charge in [0.2, 0.25) is 9.84 Å². The van der Waals surface area contributed by atoms with Crippen molar-refractivity contribution < 1.29 is 8.42 Å². The fraction of sp³-hybridized carbons (Fsp3) is 0.182. The topological polar surface area (TPSA) is 46.5 Å². The second-order valence-electron chi connectivity index (χ2n) is 3.43. The summed E-state index contributed by atoms with van der Waals surface area (Å²) in [4.78, 5) is 4.20. The summed E-state index contributed by atoms with van der Waals surface area (Å²) in [7, 11) is -3.34. The summed E-state index contributed by atoms with van der Waals surface area (Å²) >= 11 is 0. The summed E-state index contributed by atoms with van der Waals surface area (Å²) < 4.78 is 24.0. The fourth-order valence-electron chi connectivity index (χ4n) is 1.38. The molecule has 3 nitrogen and oxygen atoms in total. The Morgan fingerprint density at radius 1 is 1.20 bits per heavy atom. The van der Waals surface area contributed by atoms with Crippen molar-refractivity contribution >= 4 is 16.1 Å². The van der Waals surface area contributed by atoms with Gasteiger partial charge in [0.15, 0.2) is 5.37 Å². The molecule has 0 bridgehead atoms. The van der Waals surface area contributed by atoms with Crippen molar-refractivity contribution in [2.45, 2.75) is 17.2 Å². The van der Waals surface area contributed by atoms with Gasteiger partial charge in [0.05, 0.1) is 4.90 Å². The van der Waals surface area contributed by atoms with Gasteiger partial charge in [0.1, 0.15) is 0 Å². The molecule has 0 saturated carbocycles. The van der Waals surface area contributed by atoms with Crippen LogP contribution in [0.25, 0.3) is 0 Å². The van der Waals surface area contributed by atoms with Crippen LogP contribution in [0.2, 0.25) is 0 Å². The normalized spacial score (nSPS) is 19.7. The van der Waals surface area contributed by atoms with Crippen molar-refractivity contribution in [3.05, 3.63) is 42.0 Å². The van der Waals surface area contributed by atoms with Crippen LogP contribution in [0, 0.1) is 6.92 Å². The predicted octanol–water partition coefficient (Wildman–Crippen LogP) is 1.74. The first kappa shape index (κ1) is 10.1. The van der Waals surface area contributed by atoms with Crippen molar-refractivity contribution in [1.29, 1.82) is 0 Å².